The molecular weight excluding hydrogens is 300 g/mol. The van der Waals surface area contributed by atoms with Crippen molar-refractivity contribution in [2.45, 2.75) is 19.9 Å². The first kappa shape index (κ1) is 16.3. The van der Waals surface area contributed by atoms with E-state index in [9.17, 15) is 4.79 Å². The van der Waals surface area contributed by atoms with Gasteiger partial charge in [0.2, 0.25) is 0 Å². The molecule has 0 saturated heterocycles. The molecule has 1 amide bonds. The zero-order valence-corrected chi connectivity index (χ0v) is 14.1. The lowest BCUT2D eigenvalue weighted by Gasteiger charge is -2.18. The van der Waals surface area contributed by atoms with E-state index in [1.807, 2.05) is 25.1 Å². The number of aromatic nitrogens is 1. The minimum absolute atomic E-state index is 0.0323. The van der Waals surface area contributed by atoms with Crippen molar-refractivity contribution >= 4 is 17.2 Å². The highest BCUT2D eigenvalue weighted by Gasteiger charge is 2.17. The van der Waals surface area contributed by atoms with Crippen molar-refractivity contribution in [2.24, 2.45) is 0 Å². The van der Waals surface area contributed by atoms with Crippen molar-refractivity contribution in [2.75, 3.05) is 21.3 Å². The number of aryl methyl sites for hydroxylation is 1. The molecule has 0 fully saturated rings. The number of thiazole rings is 1. The van der Waals surface area contributed by atoms with Gasteiger partial charge >= 0.3 is 0 Å². The number of carbonyl (C=O) groups excluding carboxylic acids is 1. The average Bonchev–Trinajstić information content (AvgIpc) is 3.03. The highest BCUT2D eigenvalue weighted by Crippen LogP contribution is 2.26. The first-order valence-electron chi connectivity index (χ1n) is 7.00. The SMILES string of the molecule is CCc1ncc(C(=O)N(C)Cc2ccc(OC)cc2OC)s1. The van der Waals surface area contributed by atoms with Gasteiger partial charge in [-0.1, -0.05) is 6.92 Å². The molecule has 0 atom stereocenters. The van der Waals surface area contributed by atoms with E-state index >= 15 is 0 Å². The van der Waals surface area contributed by atoms with E-state index in [0.29, 0.717) is 17.2 Å². The third kappa shape index (κ3) is 3.57. The molecule has 0 N–H and O–H groups in total. The Morgan fingerprint density at radius 1 is 1.32 bits per heavy atom. The lowest BCUT2D eigenvalue weighted by molar-refractivity contribution is 0.0788. The molecule has 0 spiro atoms. The molecule has 2 rings (SSSR count). The highest BCUT2D eigenvalue weighted by atomic mass is 32.1. The molecule has 6 heteroatoms. The van der Waals surface area contributed by atoms with E-state index in [0.717, 1.165) is 22.7 Å². The molecule has 0 aliphatic rings. The van der Waals surface area contributed by atoms with Crippen molar-refractivity contribution in [3.63, 3.8) is 0 Å². The third-order valence-corrected chi connectivity index (χ3v) is 4.44. The topological polar surface area (TPSA) is 51.7 Å². The Hall–Kier alpha value is -2.08. The fourth-order valence-electron chi connectivity index (χ4n) is 2.07. The standard InChI is InChI=1S/C16H20N2O3S/c1-5-15-17-9-14(22-15)16(19)18(2)10-11-6-7-12(20-3)8-13(11)21-4/h6-9H,5,10H2,1-4H3. The molecule has 0 aliphatic carbocycles. The summed E-state index contributed by atoms with van der Waals surface area (Å²) in [6.07, 6.45) is 2.49. The van der Waals surface area contributed by atoms with Gasteiger partial charge in [0.1, 0.15) is 16.4 Å². The van der Waals surface area contributed by atoms with Crippen molar-refractivity contribution in [1.82, 2.24) is 9.88 Å². The quantitative estimate of drug-likeness (QED) is 0.821. The van der Waals surface area contributed by atoms with Crippen LogP contribution in [-0.4, -0.2) is 37.1 Å². The van der Waals surface area contributed by atoms with Gasteiger partial charge in [0.25, 0.3) is 5.91 Å². The zero-order valence-electron chi connectivity index (χ0n) is 13.3. The second kappa shape index (κ2) is 7.26. The van der Waals surface area contributed by atoms with Crippen LogP contribution in [0.5, 0.6) is 11.5 Å². The van der Waals surface area contributed by atoms with Gasteiger partial charge in [0.05, 0.1) is 25.4 Å². The fourth-order valence-corrected chi connectivity index (χ4v) is 2.92. The molecule has 2 aromatic rings. The van der Waals surface area contributed by atoms with E-state index in [4.69, 9.17) is 9.47 Å². The van der Waals surface area contributed by atoms with Gasteiger partial charge in [-0.15, -0.1) is 11.3 Å². The second-order valence-corrected chi connectivity index (χ2v) is 5.93. The monoisotopic (exact) mass is 320 g/mol. The van der Waals surface area contributed by atoms with Gasteiger partial charge in [-0.25, -0.2) is 4.98 Å². The number of nitrogens with zero attached hydrogens (tertiary/aromatic N) is 2. The number of benzene rings is 1. The van der Waals surface area contributed by atoms with Crippen molar-refractivity contribution < 1.29 is 14.3 Å². The van der Waals surface area contributed by atoms with Gasteiger partial charge in [-0.3, -0.25) is 4.79 Å². The van der Waals surface area contributed by atoms with Crippen LogP contribution in [0.3, 0.4) is 0 Å². The Kier molecular flexibility index (Phi) is 5.38. The number of hydrogen-bond acceptors (Lipinski definition) is 5. The van der Waals surface area contributed by atoms with Crippen LogP contribution >= 0.6 is 11.3 Å². The van der Waals surface area contributed by atoms with Crippen molar-refractivity contribution in [3.05, 3.63) is 39.8 Å². The van der Waals surface area contributed by atoms with E-state index < -0.39 is 0 Å². The maximum Gasteiger partial charge on any atom is 0.265 e. The van der Waals surface area contributed by atoms with E-state index in [2.05, 4.69) is 4.98 Å². The van der Waals surface area contributed by atoms with E-state index in [1.165, 1.54) is 11.3 Å². The highest BCUT2D eigenvalue weighted by molar-refractivity contribution is 7.13. The molecule has 5 nitrogen and oxygen atoms in total. The van der Waals surface area contributed by atoms with Crippen LogP contribution in [0, 0.1) is 0 Å². The summed E-state index contributed by atoms with van der Waals surface area (Å²) >= 11 is 1.44. The van der Waals surface area contributed by atoms with Crippen LogP contribution in [0.2, 0.25) is 0 Å². The summed E-state index contributed by atoms with van der Waals surface area (Å²) in [5.41, 5.74) is 0.930. The zero-order chi connectivity index (χ0) is 16.1. The molecule has 22 heavy (non-hydrogen) atoms. The lowest BCUT2D eigenvalue weighted by Crippen LogP contribution is -2.25. The molecule has 1 aromatic carbocycles. The molecule has 0 bridgehead atoms. The van der Waals surface area contributed by atoms with Gasteiger partial charge in [-0.2, -0.15) is 0 Å². The number of amides is 1. The van der Waals surface area contributed by atoms with Crippen LogP contribution in [0.4, 0.5) is 0 Å². The Bertz CT molecular complexity index is 655. The molecule has 118 valence electrons. The molecule has 0 aliphatic heterocycles. The van der Waals surface area contributed by atoms with Crippen LogP contribution in [0.15, 0.2) is 24.4 Å². The summed E-state index contributed by atoms with van der Waals surface area (Å²) in [5, 5.41) is 0.971. The van der Waals surface area contributed by atoms with Gasteiger partial charge in [0.15, 0.2) is 0 Å². The largest absolute Gasteiger partial charge is 0.497 e. The number of ether oxygens (including phenoxy) is 2. The van der Waals surface area contributed by atoms with Gasteiger partial charge in [0, 0.05) is 25.2 Å². The molecule has 0 radical (unpaired) electrons. The van der Waals surface area contributed by atoms with Crippen LogP contribution in [0.1, 0.15) is 27.2 Å². The minimum atomic E-state index is -0.0323. The maximum absolute atomic E-state index is 12.4. The average molecular weight is 320 g/mol. The Labute approximate surface area is 134 Å². The minimum Gasteiger partial charge on any atom is -0.497 e. The normalized spacial score (nSPS) is 10.4. The van der Waals surface area contributed by atoms with Gasteiger partial charge < -0.3 is 14.4 Å². The Balaban J connectivity index is 2.14. The van der Waals surface area contributed by atoms with Crippen molar-refractivity contribution in [3.8, 4) is 11.5 Å². The Morgan fingerprint density at radius 2 is 2.09 bits per heavy atom. The van der Waals surface area contributed by atoms with Gasteiger partial charge in [-0.05, 0) is 18.6 Å². The predicted molar refractivity (Wildman–Crippen MR) is 86.8 cm³/mol. The van der Waals surface area contributed by atoms with E-state index in [-0.39, 0.29) is 5.91 Å². The second-order valence-electron chi connectivity index (χ2n) is 4.81. The van der Waals surface area contributed by atoms with E-state index in [1.54, 1.807) is 32.4 Å². The van der Waals surface area contributed by atoms with Crippen LogP contribution in [-0.2, 0) is 13.0 Å². The number of methoxy groups -OCH3 is 2. The summed E-state index contributed by atoms with van der Waals surface area (Å²) in [6.45, 7) is 2.49. The molecule has 0 unspecified atom stereocenters. The van der Waals surface area contributed by atoms with Crippen molar-refractivity contribution in [1.29, 1.82) is 0 Å². The number of rotatable bonds is 6. The fraction of sp³-hybridized carbons (Fsp3) is 0.375. The summed E-state index contributed by atoms with van der Waals surface area (Å²) in [7, 11) is 4.99. The molecule has 1 aromatic heterocycles. The van der Waals surface area contributed by atoms with Crippen LogP contribution in [0.25, 0.3) is 0 Å². The lowest BCUT2D eigenvalue weighted by atomic mass is 10.1. The first-order valence-corrected chi connectivity index (χ1v) is 7.81. The molecule has 0 saturated carbocycles. The summed E-state index contributed by atoms with van der Waals surface area (Å²) < 4.78 is 10.5. The Morgan fingerprint density at radius 3 is 2.68 bits per heavy atom. The van der Waals surface area contributed by atoms with Crippen LogP contribution < -0.4 is 9.47 Å². The maximum atomic E-state index is 12.4. The molecule has 1 heterocycles. The number of hydrogen-bond donors (Lipinski definition) is 0. The predicted octanol–water partition coefficient (Wildman–Crippen LogP) is 2.99. The first-order chi connectivity index (χ1) is 10.6. The molecular formula is C16H20N2O3S. The summed E-state index contributed by atoms with van der Waals surface area (Å²) in [5.74, 6) is 1.40. The number of carbonyl (C=O) groups is 1. The summed E-state index contributed by atoms with van der Waals surface area (Å²) in [6, 6.07) is 5.58. The third-order valence-electron chi connectivity index (χ3n) is 3.32. The summed E-state index contributed by atoms with van der Waals surface area (Å²) in [4.78, 5) is 19.0. The smallest absolute Gasteiger partial charge is 0.265 e.